The summed E-state index contributed by atoms with van der Waals surface area (Å²) in [4.78, 5) is 2.52. The van der Waals surface area contributed by atoms with Crippen molar-refractivity contribution in [1.82, 2.24) is 4.90 Å². The highest BCUT2D eigenvalue weighted by atomic mass is 15.2. The van der Waals surface area contributed by atoms with Crippen LogP contribution in [0.25, 0.3) is 0 Å². The van der Waals surface area contributed by atoms with Crippen LogP contribution in [0.4, 0.5) is 0 Å². The summed E-state index contributed by atoms with van der Waals surface area (Å²) >= 11 is 0. The van der Waals surface area contributed by atoms with E-state index in [1.165, 1.54) is 32.4 Å². The van der Waals surface area contributed by atoms with E-state index in [4.69, 9.17) is 5.73 Å². The molecule has 1 heterocycles. The van der Waals surface area contributed by atoms with Gasteiger partial charge in [0.05, 0.1) is 0 Å². The Bertz CT molecular complexity index is 167. The molecule has 1 aliphatic heterocycles. The Morgan fingerprint density at radius 2 is 2.00 bits per heavy atom. The van der Waals surface area contributed by atoms with Crippen LogP contribution in [0, 0.1) is 5.92 Å². The van der Waals surface area contributed by atoms with Crippen molar-refractivity contribution in [2.24, 2.45) is 11.7 Å². The first-order chi connectivity index (χ1) is 5.59. The molecule has 0 bridgehead atoms. The summed E-state index contributed by atoms with van der Waals surface area (Å²) in [5.41, 5.74) is 6.33. The fourth-order valence-electron chi connectivity index (χ4n) is 2.10. The molecule has 0 radical (unpaired) electrons. The zero-order valence-corrected chi connectivity index (χ0v) is 8.21. The maximum atomic E-state index is 6.06. The van der Waals surface area contributed by atoms with Crippen LogP contribution >= 0.6 is 0 Å². The maximum Gasteiger partial charge on any atom is 0.0159 e. The monoisotopic (exact) mass is 168 g/mol. The van der Waals surface area contributed by atoms with E-state index >= 15 is 0 Å². The molecule has 1 saturated carbocycles. The molecule has 2 N–H and O–H groups in total. The molecular formula is C10H20N2. The smallest absolute Gasteiger partial charge is 0.0159 e. The molecule has 1 aliphatic carbocycles. The van der Waals surface area contributed by atoms with Crippen molar-refractivity contribution >= 4 is 0 Å². The average Bonchev–Trinajstić information content (AvgIpc) is 2.58. The van der Waals surface area contributed by atoms with Crippen LogP contribution < -0.4 is 5.73 Å². The second-order valence-corrected chi connectivity index (χ2v) is 4.98. The molecule has 2 heteroatoms. The Kier molecular flexibility index (Phi) is 1.92. The number of nitrogens with zero attached hydrogens (tertiary/aromatic N) is 1. The molecule has 2 aliphatic rings. The highest BCUT2D eigenvalue weighted by Gasteiger charge is 2.43. The van der Waals surface area contributed by atoms with Crippen LogP contribution in [-0.2, 0) is 0 Å². The minimum atomic E-state index is 0.272. The zero-order valence-electron chi connectivity index (χ0n) is 8.21. The van der Waals surface area contributed by atoms with Gasteiger partial charge in [-0.2, -0.15) is 0 Å². The third-order valence-corrected chi connectivity index (χ3v) is 3.30. The summed E-state index contributed by atoms with van der Waals surface area (Å²) in [7, 11) is 0. The Morgan fingerprint density at radius 1 is 1.42 bits per heavy atom. The van der Waals surface area contributed by atoms with Gasteiger partial charge in [0.25, 0.3) is 0 Å². The summed E-state index contributed by atoms with van der Waals surface area (Å²) in [6, 6.07) is 0.731. The fourth-order valence-corrected chi connectivity index (χ4v) is 2.10. The number of likely N-dealkylation sites (tertiary alicyclic amines) is 1. The Balaban J connectivity index is 1.68. The SMILES string of the molecule is CC(C)N1CC(CC2(N)CC2)C1. The van der Waals surface area contributed by atoms with Crippen LogP contribution in [0.1, 0.15) is 33.1 Å². The van der Waals surface area contributed by atoms with Crippen molar-refractivity contribution in [3.63, 3.8) is 0 Å². The molecule has 70 valence electrons. The minimum absolute atomic E-state index is 0.272. The Morgan fingerprint density at radius 3 is 2.42 bits per heavy atom. The number of nitrogens with two attached hydrogens (primary N) is 1. The third kappa shape index (κ3) is 1.64. The maximum absolute atomic E-state index is 6.06. The number of rotatable bonds is 3. The molecule has 2 fully saturated rings. The molecule has 1 saturated heterocycles. The van der Waals surface area contributed by atoms with E-state index < -0.39 is 0 Å². The van der Waals surface area contributed by atoms with Gasteiger partial charge in [-0.05, 0) is 39.0 Å². The summed E-state index contributed by atoms with van der Waals surface area (Å²) in [6.45, 7) is 7.12. The van der Waals surface area contributed by atoms with Crippen molar-refractivity contribution in [2.75, 3.05) is 13.1 Å². The van der Waals surface area contributed by atoms with Crippen LogP contribution in [0.2, 0.25) is 0 Å². The van der Waals surface area contributed by atoms with Crippen molar-refractivity contribution in [3.8, 4) is 0 Å². The molecule has 2 rings (SSSR count). The fraction of sp³-hybridized carbons (Fsp3) is 1.00. The van der Waals surface area contributed by atoms with Gasteiger partial charge >= 0.3 is 0 Å². The van der Waals surface area contributed by atoms with Crippen molar-refractivity contribution in [1.29, 1.82) is 0 Å². The van der Waals surface area contributed by atoms with Gasteiger partial charge in [0.1, 0.15) is 0 Å². The zero-order chi connectivity index (χ0) is 8.77. The van der Waals surface area contributed by atoms with Gasteiger partial charge in [-0.25, -0.2) is 0 Å². The number of hydrogen-bond donors (Lipinski definition) is 1. The van der Waals surface area contributed by atoms with Crippen LogP contribution in [0.15, 0.2) is 0 Å². The van der Waals surface area contributed by atoms with Gasteiger partial charge in [-0.15, -0.1) is 0 Å². The van der Waals surface area contributed by atoms with Gasteiger partial charge < -0.3 is 10.6 Å². The molecule has 0 aromatic carbocycles. The highest BCUT2D eigenvalue weighted by Crippen LogP contribution is 2.40. The van der Waals surface area contributed by atoms with Crippen molar-refractivity contribution in [3.05, 3.63) is 0 Å². The second kappa shape index (κ2) is 2.71. The van der Waals surface area contributed by atoms with Crippen molar-refractivity contribution in [2.45, 2.75) is 44.7 Å². The summed E-state index contributed by atoms with van der Waals surface area (Å²) in [6.07, 6.45) is 3.81. The van der Waals surface area contributed by atoms with Crippen LogP contribution in [0.3, 0.4) is 0 Å². The van der Waals surface area contributed by atoms with Gasteiger partial charge in [-0.1, -0.05) is 0 Å². The van der Waals surface area contributed by atoms with E-state index in [0.29, 0.717) is 0 Å². The lowest BCUT2D eigenvalue weighted by molar-refractivity contribution is 0.0570. The molecule has 2 nitrogen and oxygen atoms in total. The predicted molar refractivity (Wildman–Crippen MR) is 51.0 cm³/mol. The lowest BCUT2D eigenvalue weighted by Crippen LogP contribution is -2.52. The first-order valence-electron chi connectivity index (χ1n) is 5.12. The second-order valence-electron chi connectivity index (χ2n) is 4.98. The van der Waals surface area contributed by atoms with E-state index in [-0.39, 0.29) is 5.54 Å². The quantitative estimate of drug-likeness (QED) is 0.686. The molecule has 0 aromatic heterocycles. The van der Waals surface area contributed by atoms with E-state index in [9.17, 15) is 0 Å². The molecular weight excluding hydrogens is 148 g/mol. The molecule has 0 aromatic rings. The molecule has 0 amide bonds. The average molecular weight is 168 g/mol. The lowest BCUT2D eigenvalue weighted by atomic mass is 9.90. The highest BCUT2D eigenvalue weighted by molar-refractivity contribution is 5.02. The lowest BCUT2D eigenvalue weighted by Gasteiger charge is -2.43. The molecule has 0 unspecified atom stereocenters. The largest absolute Gasteiger partial charge is 0.325 e. The summed E-state index contributed by atoms with van der Waals surface area (Å²) < 4.78 is 0. The van der Waals surface area contributed by atoms with E-state index in [2.05, 4.69) is 18.7 Å². The Labute approximate surface area is 75.1 Å². The van der Waals surface area contributed by atoms with E-state index in [0.717, 1.165) is 12.0 Å². The van der Waals surface area contributed by atoms with Gasteiger partial charge in [0.15, 0.2) is 0 Å². The first kappa shape index (κ1) is 8.52. The van der Waals surface area contributed by atoms with Crippen LogP contribution in [-0.4, -0.2) is 29.6 Å². The van der Waals surface area contributed by atoms with E-state index in [1.807, 2.05) is 0 Å². The topological polar surface area (TPSA) is 29.3 Å². The summed E-state index contributed by atoms with van der Waals surface area (Å²) in [5.74, 6) is 0.903. The molecule has 12 heavy (non-hydrogen) atoms. The van der Waals surface area contributed by atoms with Gasteiger partial charge in [0, 0.05) is 24.7 Å². The molecule has 0 spiro atoms. The normalized spacial score (nSPS) is 29.0. The van der Waals surface area contributed by atoms with Crippen molar-refractivity contribution < 1.29 is 0 Å². The number of hydrogen-bond acceptors (Lipinski definition) is 2. The van der Waals surface area contributed by atoms with Gasteiger partial charge in [-0.3, -0.25) is 0 Å². The van der Waals surface area contributed by atoms with Gasteiger partial charge in [0.2, 0.25) is 0 Å². The van der Waals surface area contributed by atoms with Crippen LogP contribution in [0.5, 0.6) is 0 Å². The van der Waals surface area contributed by atoms with E-state index in [1.54, 1.807) is 0 Å². The third-order valence-electron chi connectivity index (χ3n) is 3.30. The standard InChI is InChI=1S/C10H20N2/c1-8(2)12-6-9(7-12)5-10(11)3-4-10/h8-9H,3-7,11H2,1-2H3. The predicted octanol–water partition coefficient (Wildman–Crippen LogP) is 1.21. The summed E-state index contributed by atoms with van der Waals surface area (Å²) in [5, 5.41) is 0. The first-order valence-corrected chi connectivity index (χ1v) is 5.12. The molecule has 0 atom stereocenters. The minimum Gasteiger partial charge on any atom is -0.325 e. The Hall–Kier alpha value is -0.0800.